The van der Waals surface area contributed by atoms with Gasteiger partial charge in [0.25, 0.3) is 0 Å². The highest BCUT2D eigenvalue weighted by molar-refractivity contribution is 5.80. The van der Waals surface area contributed by atoms with Crippen molar-refractivity contribution in [3.63, 3.8) is 0 Å². The van der Waals surface area contributed by atoms with Gasteiger partial charge in [-0.2, -0.15) is 0 Å². The van der Waals surface area contributed by atoms with Gasteiger partial charge in [-0.1, -0.05) is 6.07 Å². The Morgan fingerprint density at radius 2 is 2.11 bits per heavy atom. The lowest BCUT2D eigenvalue weighted by Crippen LogP contribution is -2.51. The molecule has 104 valence electrons. The van der Waals surface area contributed by atoms with Crippen LogP contribution < -0.4 is 15.4 Å². The van der Waals surface area contributed by atoms with Crippen LogP contribution in [0.2, 0.25) is 0 Å². The molecule has 0 aliphatic carbocycles. The van der Waals surface area contributed by atoms with E-state index >= 15 is 0 Å². The number of hydrogen-bond donors (Lipinski definition) is 2. The summed E-state index contributed by atoms with van der Waals surface area (Å²) in [5.41, 5.74) is 3.69. The van der Waals surface area contributed by atoms with Gasteiger partial charge in [-0.05, 0) is 43.0 Å². The van der Waals surface area contributed by atoms with Gasteiger partial charge in [0.2, 0.25) is 5.91 Å². The monoisotopic (exact) mass is 262 g/mol. The summed E-state index contributed by atoms with van der Waals surface area (Å²) in [6.45, 7) is 6.49. The number of amides is 1. The average Bonchev–Trinajstić information content (AvgIpc) is 2.32. The molecule has 1 aromatic carbocycles. The van der Waals surface area contributed by atoms with Gasteiger partial charge in [0, 0.05) is 19.6 Å². The van der Waals surface area contributed by atoms with Crippen molar-refractivity contribution in [1.29, 1.82) is 0 Å². The molecule has 0 radical (unpaired) electrons. The second kappa shape index (κ2) is 6.06. The molecule has 1 aliphatic rings. The van der Waals surface area contributed by atoms with Gasteiger partial charge >= 0.3 is 0 Å². The summed E-state index contributed by atoms with van der Waals surface area (Å²) < 4.78 is 5.30. The van der Waals surface area contributed by atoms with E-state index in [-0.39, 0.29) is 11.8 Å². The van der Waals surface area contributed by atoms with Crippen molar-refractivity contribution in [2.75, 3.05) is 26.7 Å². The Labute approximate surface area is 114 Å². The van der Waals surface area contributed by atoms with E-state index in [9.17, 15) is 4.79 Å². The first-order valence-electron chi connectivity index (χ1n) is 6.75. The first kappa shape index (κ1) is 13.9. The average molecular weight is 262 g/mol. The number of benzene rings is 1. The lowest BCUT2D eigenvalue weighted by Gasteiger charge is -2.25. The van der Waals surface area contributed by atoms with Crippen LogP contribution in [0.25, 0.3) is 0 Å². The Hall–Kier alpha value is -1.55. The van der Waals surface area contributed by atoms with E-state index in [1.54, 1.807) is 7.11 Å². The smallest absolute Gasteiger partial charge is 0.225 e. The van der Waals surface area contributed by atoms with E-state index in [0.29, 0.717) is 6.54 Å². The van der Waals surface area contributed by atoms with E-state index in [1.165, 1.54) is 16.7 Å². The second-order valence-electron chi connectivity index (χ2n) is 5.07. The third kappa shape index (κ3) is 3.07. The molecule has 0 aromatic heterocycles. The zero-order valence-corrected chi connectivity index (χ0v) is 11.9. The lowest BCUT2D eigenvalue weighted by atomic mass is 9.99. The molecule has 1 aromatic rings. The van der Waals surface area contributed by atoms with Crippen LogP contribution in [0.3, 0.4) is 0 Å². The molecule has 4 nitrogen and oxygen atoms in total. The fourth-order valence-electron chi connectivity index (χ4n) is 2.28. The third-order valence-corrected chi connectivity index (χ3v) is 3.92. The second-order valence-corrected chi connectivity index (χ2v) is 5.07. The molecule has 1 amide bonds. The SMILES string of the molecule is COc1ccc(CCNC(=O)C2CNC2)c(C)c1C. The maximum absolute atomic E-state index is 11.7. The molecule has 0 bridgehead atoms. The van der Waals surface area contributed by atoms with Crippen LogP contribution in [0.5, 0.6) is 5.75 Å². The molecular weight excluding hydrogens is 240 g/mol. The van der Waals surface area contributed by atoms with Crippen molar-refractivity contribution >= 4 is 5.91 Å². The maximum atomic E-state index is 11.7. The number of rotatable bonds is 5. The van der Waals surface area contributed by atoms with E-state index < -0.39 is 0 Å². The van der Waals surface area contributed by atoms with Gasteiger partial charge < -0.3 is 15.4 Å². The van der Waals surface area contributed by atoms with Crippen LogP contribution >= 0.6 is 0 Å². The van der Waals surface area contributed by atoms with Crippen LogP contribution in [-0.4, -0.2) is 32.7 Å². The Balaban J connectivity index is 1.89. The summed E-state index contributed by atoms with van der Waals surface area (Å²) >= 11 is 0. The first-order chi connectivity index (χ1) is 9.13. The zero-order valence-electron chi connectivity index (χ0n) is 11.9. The molecule has 1 saturated heterocycles. The number of methoxy groups -OCH3 is 1. The predicted octanol–water partition coefficient (Wildman–Crippen LogP) is 1.19. The zero-order chi connectivity index (χ0) is 13.8. The molecule has 0 atom stereocenters. The maximum Gasteiger partial charge on any atom is 0.225 e. The fraction of sp³-hybridized carbons (Fsp3) is 0.533. The Morgan fingerprint density at radius 3 is 2.68 bits per heavy atom. The van der Waals surface area contributed by atoms with Crippen LogP contribution in [-0.2, 0) is 11.2 Å². The molecule has 1 aliphatic heterocycles. The summed E-state index contributed by atoms with van der Waals surface area (Å²) in [6.07, 6.45) is 0.864. The normalized spacial score (nSPS) is 14.9. The number of hydrogen-bond acceptors (Lipinski definition) is 3. The summed E-state index contributed by atoms with van der Waals surface area (Å²) in [4.78, 5) is 11.7. The molecule has 1 heterocycles. The summed E-state index contributed by atoms with van der Waals surface area (Å²) in [6, 6.07) is 4.08. The Morgan fingerprint density at radius 1 is 1.37 bits per heavy atom. The van der Waals surface area contributed by atoms with Crippen molar-refractivity contribution in [3.8, 4) is 5.75 Å². The molecule has 1 fully saturated rings. The van der Waals surface area contributed by atoms with Crippen molar-refractivity contribution in [3.05, 3.63) is 28.8 Å². The Kier molecular flexibility index (Phi) is 4.43. The third-order valence-electron chi connectivity index (χ3n) is 3.92. The van der Waals surface area contributed by atoms with E-state index in [4.69, 9.17) is 4.74 Å². The van der Waals surface area contributed by atoms with Crippen molar-refractivity contribution in [2.24, 2.45) is 5.92 Å². The van der Waals surface area contributed by atoms with Crippen molar-refractivity contribution < 1.29 is 9.53 Å². The molecular formula is C15H22N2O2. The summed E-state index contributed by atoms with van der Waals surface area (Å²) in [5.74, 6) is 1.26. The number of ether oxygens (including phenoxy) is 1. The van der Waals surface area contributed by atoms with Gasteiger partial charge in [-0.15, -0.1) is 0 Å². The first-order valence-corrected chi connectivity index (χ1v) is 6.75. The van der Waals surface area contributed by atoms with Crippen LogP contribution in [0.4, 0.5) is 0 Å². The van der Waals surface area contributed by atoms with Gasteiger partial charge in [-0.25, -0.2) is 0 Å². The quantitative estimate of drug-likeness (QED) is 0.838. The largest absolute Gasteiger partial charge is 0.496 e. The van der Waals surface area contributed by atoms with Gasteiger partial charge in [-0.3, -0.25) is 4.79 Å². The minimum absolute atomic E-state index is 0.165. The topological polar surface area (TPSA) is 50.4 Å². The van der Waals surface area contributed by atoms with Crippen LogP contribution in [0.1, 0.15) is 16.7 Å². The summed E-state index contributed by atoms with van der Waals surface area (Å²) in [7, 11) is 1.69. The minimum Gasteiger partial charge on any atom is -0.496 e. The standard InChI is InChI=1S/C15H22N2O2/c1-10-11(2)14(19-3)5-4-12(10)6-7-17-15(18)13-8-16-9-13/h4-5,13,16H,6-9H2,1-3H3,(H,17,18). The van der Waals surface area contributed by atoms with E-state index in [1.807, 2.05) is 6.07 Å². The molecule has 19 heavy (non-hydrogen) atoms. The van der Waals surface area contributed by atoms with Crippen LogP contribution in [0.15, 0.2) is 12.1 Å². The number of nitrogens with one attached hydrogen (secondary N) is 2. The molecule has 0 spiro atoms. The van der Waals surface area contributed by atoms with Gasteiger partial charge in [0.05, 0.1) is 13.0 Å². The fourth-order valence-corrected chi connectivity index (χ4v) is 2.28. The highest BCUT2D eigenvalue weighted by atomic mass is 16.5. The molecule has 4 heteroatoms. The molecule has 0 unspecified atom stereocenters. The highest BCUT2D eigenvalue weighted by Gasteiger charge is 2.24. The lowest BCUT2D eigenvalue weighted by molar-refractivity contribution is -0.126. The van der Waals surface area contributed by atoms with Crippen molar-refractivity contribution in [1.82, 2.24) is 10.6 Å². The molecule has 0 saturated carbocycles. The van der Waals surface area contributed by atoms with Gasteiger partial charge in [0.1, 0.15) is 5.75 Å². The molecule has 2 N–H and O–H groups in total. The van der Waals surface area contributed by atoms with Gasteiger partial charge in [0.15, 0.2) is 0 Å². The highest BCUT2D eigenvalue weighted by Crippen LogP contribution is 2.23. The number of carbonyl (C=O) groups excluding carboxylic acids is 1. The van der Waals surface area contributed by atoms with E-state index in [2.05, 4.69) is 30.5 Å². The van der Waals surface area contributed by atoms with E-state index in [0.717, 1.165) is 25.3 Å². The summed E-state index contributed by atoms with van der Waals surface area (Å²) in [5, 5.41) is 6.10. The minimum atomic E-state index is 0.165. The molecule has 2 rings (SSSR count). The predicted molar refractivity (Wildman–Crippen MR) is 75.5 cm³/mol. The van der Waals surface area contributed by atoms with Crippen LogP contribution in [0, 0.1) is 19.8 Å². The number of carbonyl (C=O) groups is 1. The Bertz CT molecular complexity index is 467. The van der Waals surface area contributed by atoms with Crippen molar-refractivity contribution in [2.45, 2.75) is 20.3 Å².